The number of carbonyl (C=O) groups excluding carboxylic acids is 2. The van der Waals surface area contributed by atoms with Gasteiger partial charge in [-0.05, 0) is 71.3 Å². The third-order valence-electron chi connectivity index (χ3n) is 6.31. The third kappa shape index (κ3) is 4.99. The number of fused-ring (bicyclic) bond motifs is 1. The summed E-state index contributed by atoms with van der Waals surface area (Å²) in [6.07, 6.45) is 4.13. The van der Waals surface area contributed by atoms with Crippen molar-refractivity contribution in [2.24, 2.45) is 5.92 Å². The first-order valence-electron chi connectivity index (χ1n) is 11.4. The number of anilines is 1. The normalized spacial score (nSPS) is 16.5. The predicted molar refractivity (Wildman–Crippen MR) is 132 cm³/mol. The smallest absolute Gasteiger partial charge is 0.254 e. The number of pyridine rings is 1. The molecule has 2 atom stereocenters. The molecule has 0 spiro atoms. The Morgan fingerprint density at radius 1 is 1.03 bits per heavy atom. The van der Waals surface area contributed by atoms with E-state index >= 15 is 0 Å². The van der Waals surface area contributed by atoms with Gasteiger partial charge in [0.1, 0.15) is 11.6 Å². The van der Waals surface area contributed by atoms with Crippen LogP contribution in [0.5, 0.6) is 5.75 Å². The fourth-order valence-electron chi connectivity index (χ4n) is 4.22. The van der Waals surface area contributed by atoms with Crippen molar-refractivity contribution in [3.8, 4) is 5.75 Å². The highest BCUT2D eigenvalue weighted by molar-refractivity contribution is 5.97. The van der Waals surface area contributed by atoms with Crippen LogP contribution in [0.3, 0.4) is 0 Å². The molecule has 7 heteroatoms. The number of nitrogens with zero attached hydrogens (tertiary/aromatic N) is 1. The number of benzene rings is 3. The molecule has 2 amide bonds. The van der Waals surface area contributed by atoms with E-state index in [2.05, 4.69) is 15.6 Å². The van der Waals surface area contributed by atoms with Gasteiger partial charge in [-0.25, -0.2) is 4.39 Å². The maximum atomic E-state index is 14.8. The van der Waals surface area contributed by atoms with Gasteiger partial charge in [0.05, 0.1) is 12.7 Å². The molecule has 176 valence electrons. The van der Waals surface area contributed by atoms with Crippen LogP contribution in [0.2, 0.25) is 0 Å². The number of aromatic nitrogens is 1. The summed E-state index contributed by atoms with van der Waals surface area (Å²) in [5, 5.41) is 7.68. The van der Waals surface area contributed by atoms with E-state index in [1.54, 1.807) is 37.7 Å². The minimum Gasteiger partial charge on any atom is -0.497 e. The van der Waals surface area contributed by atoms with E-state index in [4.69, 9.17) is 4.74 Å². The lowest BCUT2D eigenvalue weighted by Crippen LogP contribution is -2.23. The highest BCUT2D eigenvalue weighted by atomic mass is 19.1. The van der Waals surface area contributed by atoms with E-state index in [0.29, 0.717) is 6.42 Å². The molecule has 2 N–H and O–H groups in total. The van der Waals surface area contributed by atoms with E-state index in [1.165, 1.54) is 12.1 Å². The molecule has 1 fully saturated rings. The van der Waals surface area contributed by atoms with Gasteiger partial charge in [0, 0.05) is 35.9 Å². The van der Waals surface area contributed by atoms with Gasteiger partial charge in [0.15, 0.2) is 0 Å². The molecule has 0 unspecified atom stereocenters. The molecule has 1 saturated carbocycles. The standard InChI is InChI=1S/C28H24FN3O3/c1-35-22-7-2-17(3-8-22)15-31-27(33)23-9-5-19(13-26(23)29)24-14-25(24)28(34)32-21-6-4-20-16-30-11-10-18(20)12-21/h2-13,16,24-25H,14-15H2,1H3,(H,31,33)(H,32,34)/t24-,25+/m0/s1. The lowest BCUT2D eigenvalue weighted by molar-refractivity contribution is -0.117. The summed E-state index contributed by atoms with van der Waals surface area (Å²) in [6, 6.07) is 19.4. The van der Waals surface area contributed by atoms with Gasteiger partial charge in [-0.3, -0.25) is 14.6 Å². The Balaban J connectivity index is 1.19. The molecular formula is C28H24FN3O3. The molecule has 0 saturated heterocycles. The Morgan fingerprint density at radius 2 is 1.86 bits per heavy atom. The number of halogens is 1. The molecule has 35 heavy (non-hydrogen) atoms. The number of carbonyl (C=O) groups is 2. The first kappa shape index (κ1) is 22.5. The van der Waals surface area contributed by atoms with Crippen LogP contribution in [0.1, 0.15) is 33.8 Å². The number of amides is 2. The van der Waals surface area contributed by atoms with Crippen molar-refractivity contribution in [3.63, 3.8) is 0 Å². The van der Waals surface area contributed by atoms with Gasteiger partial charge in [0.2, 0.25) is 5.91 Å². The summed E-state index contributed by atoms with van der Waals surface area (Å²) in [6.45, 7) is 0.278. The number of ether oxygens (including phenoxy) is 1. The number of hydrogen-bond acceptors (Lipinski definition) is 4. The monoisotopic (exact) mass is 469 g/mol. The highest BCUT2D eigenvalue weighted by Gasteiger charge is 2.44. The fourth-order valence-corrected chi connectivity index (χ4v) is 4.22. The maximum absolute atomic E-state index is 14.8. The predicted octanol–water partition coefficient (Wildman–Crippen LogP) is 5.05. The van der Waals surface area contributed by atoms with Crippen LogP contribution in [0.15, 0.2) is 79.1 Å². The second kappa shape index (κ2) is 9.54. The zero-order valence-corrected chi connectivity index (χ0v) is 19.1. The summed E-state index contributed by atoms with van der Waals surface area (Å²) in [7, 11) is 1.59. The van der Waals surface area contributed by atoms with Crippen LogP contribution in [-0.2, 0) is 11.3 Å². The number of methoxy groups -OCH3 is 1. The molecule has 6 nitrogen and oxygen atoms in total. The first-order chi connectivity index (χ1) is 17.0. The lowest BCUT2D eigenvalue weighted by atomic mass is 10.0. The summed E-state index contributed by atoms with van der Waals surface area (Å²) >= 11 is 0. The second-order valence-electron chi connectivity index (χ2n) is 8.65. The van der Waals surface area contributed by atoms with Crippen molar-refractivity contribution in [2.75, 3.05) is 12.4 Å². The number of rotatable bonds is 7. The Labute approximate surface area is 202 Å². The zero-order chi connectivity index (χ0) is 24.4. The Kier molecular flexibility index (Phi) is 6.14. The summed E-state index contributed by atoms with van der Waals surface area (Å²) < 4.78 is 19.9. The zero-order valence-electron chi connectivity index (χ0n) is 19.1. The molecular weight excluding hydrogens is 445 g/mol. The average Bonchev–Trinajstić information content (AvgIpc) is 3.69. The van der Waals surface area contributed by atoms with Crippen molar-refractivity contribution in [1.29, 1.82) is 0 Å². The van der Waals surface area contributed by atoms with Gasteiger partial charge >= 0.3 is 0 Å². The molecule has 1 aliphatic rings. The molecule has 1 heterocycles. The fraction of sp³-hybridized carbons (Fsp3) is 0.179. The molecule has 4 aromatic rings. The second-order valence-corrected chi connectivity index (χ2v) is 8.65. The van der Waals surface area contributed by atoms with Crippen LogP contribution in [-0.4, -0.2) is 23.9 Å². The molecule has 3 aromatic carbocycles. The van der Waals surface area contributed by atoms with E-state index in [9.17, 15) is 14.0 Å². The molecule has 5 rings (SSSR count). The van der Waals surface area contributed by atoms with E-state index in [-0.39, 0.29) is 29.9 Å². The number of nitrogens with one attached hydrogen (secondary N) is 2. The van der Waals surface area contributed by atoms with Crippen LogP contribution in [0, 0.1) is 11.7 Å². The van der Waals surface area contributed by atoms with E-state index in [0.717, 1.165) is 33.3 Å². The van der Waals surface area contributed by atoms with Crippen LogP contribution >= 0.6 is 0 Å². The van der Waals surface area contributed by atoms with Crippen LogP contribution in [0.25, 0.3) is 10.8 Å². The minimum absolute atomic E-state index is 0.0189. The van der Waals surface area contributed by atoms with Crippen LogP contribution in [0.4, 0.5) is 10.1 Å². The van der Waals surface area contributed by atoms with Gasteiger partial charge < -0.3 is 15.4 Å². The van der Waals surface area contributed by atoms with Gasteiger partial charge in [-0.2, -0.15) is 0 Å². The lowest BCUT2D eigenvalue weighted by Gasteiger charge is -2.09. The Morgan fingerprint density at radius 3 is 2.63 bits per heavy atom. The maximum Gasteiger partial charge on any atom is 0.254 e. The average molecular weight is 470 g/mol. The summed E-state index contributed by atoms with van der Waals surface area (Å²) in [5.41, 5.74) is 2.30. The SMILES string of the molecule is COc1ccc(CNC(=O)c2ccc([C@@H]3C[C@H]3C(=O)Nc3ccc4cnccc4c3)cc2F)cc1. The first-order valence-corrected chi connectivity index (χ1v) is 11.4. The van der Waals surface area contributed by atoms with Crippen molar-refractivity contribution < 1.29 is 18.7 Å². The molecule has 0 radical (unpaired) electrons. The molecule has 1 aromatic heterocycles. The Hall–Kier alpha value is -4.26. The van der Waals surface area contributed by atoms with Gasteiger partial charge in [0.25, 0.3) is 5.91 Å². The molecule has 1 aliphatic carbocycles. The number of hydrogen-bond donors (Lipinski definition) is 2. The van der Waals surface area contributed by atoms with E-state index < -0.39 is 11.7 Å². The minimum atomic E-state index is -0.594. The van der Waals surface area contributed by atoms with E-state index in [1.807, 2.05) is 36.4 Å². The molecule has 0 bridgehead atoms. The van der Waals surface area contributed by atoms with Crippen molar-refractivity contribution in [2.45, 2.75) is 18.9 Å². The van der Waals surface area contributed by atoms with Crippen molar-refractivity contribution in [1.82, 2.24) is 10.3 Å². The third-order valence-corrected chi connectivity index (χ3v) is 6.31. The van der Waals surface area contributed by atoms with Gasteiger partial charge in [-0.1, -0.05) is 24.3 Å². The summed E-state index contributed by atoms with van der Waals surface area (Å²) in [5.74, 6) is -0.734. The Bertz CT molecular complexity index is 1400. The van der Waals surface area contributed by atoms with Gasteiger partial charge in [-0.15, -0.1) is 0 Å². The summed E-state index contributed by atoms with van der Waals surface area (Å²) in [4.78, 5) is 29.3. The largest absolute Gasteiger partial charge is 0.497 e. The van der Waals surface area contributed by atoms with Crippen molar-refractivity contribution in [3.05, 3.63) is 102 Å². The van der Waals surface area contributed by atoms with Crippen molar-refractivity contribution >= 4 is 28.3 Å². The van der Waals surface area contributed by atoms with Crippen LogP contribution < -0.4 is 15.4 Å². The quantitative estimate of drug-likeness (QED) is 0.397. The highest BCUT2D eigenvalue weighted by Crippen LogP contribution is 2.48. The topological polar surface area (TPSA) is 80.3 Å². The molecule has 0 aliphatic heterocycles.